The summed E-state index contributed by atoms with van der Waals surface area (Å²) in [4.78, 5) is 32.6. The average Bonchev–Trinajstić information content (AvgIpc) is 2.53. The first-order valence-electron chi connectivity index (χ1n) is 6.95. The van der Waals surface area contributed by atoms with Gasteiger partial charge in [0.1, 0.15) is 12.2 Å². The molecule has 124 valence electrons. The molecule has 0 N–H and O–H groups in total. The van der Waals surface area contributed by atoms with Gasteiger partial charge < -0.3 is 4.74 Å². The van der Waals surface area contributed by atoms with Crippen LogP contribution in [0.1, 0.15) is 27.0 Å². The van der Waals surface area contributed by atoms with Crippen LogP contribution >= 0.6 is 0 Å². The summed E-state index contributed by atoms with van der Waals surface area (Å²) in [5, 5.41) is 22.0. The second kappa shape index (κ2) is 6.86. The zero-order valence-electron chi connectivity index (χ0n) is 13.0. The van der Waals surface area contributed by atoms with Crippen molar-refractivity contribution in [1.29, 1.82) is 0 Å². The molecule has 2 aromatic rings. The third-order valence-corrected chi connectivity index (χ3v) is 3.47. The molecule has 8 heteroatoms. The first kappa shape index (κ1) is 17.1. The normalized spacial score (nSPS) is 10.2. The molecule has 24 heavy (non-hydrogen) atoms. The van der Waals surface area contributed by atoms with Crippen LogP contribution in [-0.4, -0.2) is 15.8 Å². The van der Waals surface area contributed by atoms with E-state index >= 15 is 0 Å². The molecule has 0 radical (unpaired) electrons. The van der Waals surface area contributed by atoms with Crippen molar-refractivity contribution in [3.63, 3.8) is 0 Å². The molecule has 8 nitrogen and oxygen atoms in total. The minimum absolute atomic E-state index is 0.0331. The van der Waals surface area contributed by atoms with Gasteiger partial charge in [-0.15, -0.1) is 0 Å². The molecule has 0 aliphatic rings. The predicted molar refractivity (Wildman–Crippen MR) is 84.8 cm³/mol. The van der Waals surface area contributed by atoms with Gasteiger partial charge in [-0.1, -0.05) is 29.8 Å². The summed E-state index contributed by atoms with van der Waals surface area (Å²) in [6.45, 7) is 3.15. The van der Waals surface area contributed by atoms with E-state index in [0.29, 0.717) is 0 Å². The second-order valence-corrected chi connectivity index (χ2v) is 5.22. The Morgan fingerprint density at radius 1 is 1.00 bits per heavy atom. The number of esters is 1. The lowest BCUT2D eigenvalue weighted by molar-refractivity contribution is -0.395. The Bertz CT molecular complexity index is 779. The van der Waals surface area contributed by atoms with Crippen LogP contribution in [0.3, 0.4) is 0 Å². The van der Waals surface area contributed by atoms with Gasteiger partial charge in [0.25, 0.3) is 11.4 Å². The fourth-order valence-corrected chi connectivity index (χ4v) is 2.10. The van der Waals surface area contributed by atoms with Crippen molar-refractivity contribution in [3.8, 4) is 0 Å². The molecule has 0 unspecified atom stereocenters. The van der Waals surface area contributed by atoms with E-state index in [1.54, 1.807) is 12.1 Å². The van der Waals surface area contributed by atoms with Crippen LogP contribution in [0.4, 0.5) is 11.4 Å². The number of aryl methyl sites for hydroxylation is 1. The number of carbonyl (C=O) groups excluding carboxylic acids is 1. The molecule has 0 heterocycles. The molecule has 0 spiro atoms. The van der Waals surface area contributed by atoms with Crippen LogP contribution in [0.15, 0.2) is 36.4 Å². The number of nitro groups is 2. The minimum atomic E-state index is -0.859. The topological polar surface area (TPSA) is 113 Å². The predicted octanol–water partition coefficient (Wildman–Crippen LogP) is 3.48. The van der Waals surface area contributed by atoms with Gasteiger partial charge in [-0.05, 0) is 19.4 Å². The Hall–Kier alpha value is -3.29. The van der Waals surface area contributed by atoms with Crippen LogP contribution in [-0.2, 0) is 11.3 Å². The zero-order valence-corrected chi connectivity index (χ0v) is 13.0. The molecule has 2 aromatic carbocycles. The third-order valence-electron chi connectivity index (χ3n) is 3.47. The fourth-order valence-electron chi connectivity index (χ4n) is 2.10. The number of benzene rings is 2. The van der Waals surface area contributed by atoms with Gasteiger partial charge >= 0.3 is 5.97 Å². The highest BCUT2D eigenvalue weighted by molar-refractivity contribution is 5.91. The lowest BCUT2D eigenvalue weighted by atomic mass is 10.1. The molecule has 0 saturated heterocycles. The summed E-state index contributed by atoms with van der Waals surface area (Å²) in [5.41, 5.74) is 0.462. The molecule has 0 aromatic heterocycles. The van der Waals surface area contributed by atoms with E-state index in [9.17, 15) is 25.0 Å². The molecule has 0 saturated carbocycles. The number of ether oxygens (including phenoxy) is 1. The molecule has 0 fully saturated rings. The molecule has 0 aliphatic heterocycles. The van der Waals surface area contributed by atoms with Crippen LogP contribution in [0.25, 0.3) is 0 Å². The van der Waals surface area contributed by atoms with Crippen molar-refractivity contribution in [2.24, 2.45) is 0 Å². The Morgan fingerprint density at radius 2 is 1.50 bits per heavy atom. The van der Waals surface area contributed by atoms with E-state index in [2.05, 4.69) is 0 Å². The first-order chi connectivity index (χ1) is 11.3. The summed E-state index contributed by atoms with van der Waals surface area (Å²) >= 11 is 0. The van der Waals surface area contributed by atoms with Gasteiger partial charge in [0.15, 0.2) is 0 Å². The van der Waals surface area contributed by atoms with Crippen LogP contribution in [0.2, 0.25) is 0 Å². The molecule has 0 amide bonds. The van der Waals surface area contributed by atoms with E-state index < -0.39 is 27.2 Å². The van der Waals surface area contributed by atoms with Crippen molar-refractivity contribution in [1.82, 2.24) is 0 Å². The standard InChI is InChI=1S/C16H14N2O6/c1-10-3-5-12(6-4-10)9-24-16(19)13-7-14(17(20)21)11(2)15(8-13)18(22)23/h3-8H,9H2,1-2H3. The highest BCUT2D eigenvalue weighted by Gasteiger charge is 2.25. The highest BCUT2D eigenvalue weighted by atomic mass is 16.6. The number of nitrogens with zero attached hydrogens (tertiary/aromatic N) is 2. The zero-order chi connectivity index (χ0) is 17.9. The number of carbonyl (C=O) groups is 1. The third kappa shape index (κ3) is 3.72. The van der Waals surface area contributed by atoms with E-state index in [1.165, 1.54) is 6.92 Å². The minimum Gasteiger partial charge on any atom is -0.457 e. The van der Waals surface area contributed by atoms with Crippen LogP contribution in [0, 0.1) is 34.1 Å². The molecular formula is C16H14N2O6. The monoisotopic (exact) mass is 330 g/mol. The summed E-state index contributed by atoms with van der Waals surface area (Å²) in [6.07, 6.45) is 0. The van der Waals surface area contributed by atoms with Crippen molar-refractivity contribution in [3.05, 3.63) is 78.9 Å². The molecule has 2 rings (SSSR count). The van der Waals surface area contributed by atoms with E-state index in [-0.39, 0.29) is 17.7 Å². The highest BCUT2D eigenvalue weighted by Crippen LogP contribution is 2.29. The Kier molecular flexibility index (Phi) is 4.88. The fraction of sp³-hybridized carbons (Fsp3) is 0.188. The van der Waals surface area contributed by atoms with Gasteiger partial charge in [-0.3, -0.25) is 20.2 Å². The maximum Gasteiger partial charge on any atom is 0.338 e. The van der Waals surface area contributed by atoms with Crippen molar-refractivity contribution in [2.75, 3.05) is 0 Å². The molecule has 0 bridgehead atoms. The maximum atomic E-state index is 12.1. The largest absolute Gasteiger partial charge is 0.457 e. The van der Waals surface area contributed by atoms with Crippen LogP contribution in [0.5, 0.6) is 0 Å². The lowest BCUT2D eigenvalue weighted by Gasteiger charge is -2.07. The Morgan fingerprint density at radius 3 is 1.96 bits per heavy atom. The number of rotatable bonds is 5. The lowest BCUT2D eigenvalue weighted by Crippen LogP contribution is -2.08. The molecular weight excluding hydrogens is 316 g/mol. The number of nitro benzene ring substituents is 2. The van der Waals surface area contributed by atoms with E-state index in [0.717, 1.165) is 23.3 Å². The van der Waals surface area contributed by atoms with Crippen molar-refractivity contribution >= 4 is 17.3 Å². The van der Waals surface area contributed by atoms with Gasteiger partial charge in [-0.2, -0.15) is 0 Å². The van der Waals surface area contributed by atoms with Gasteiger partial charge in [0.05, 0.1) is 15.4 Å². The van der Waals surface area contributed by atoms with Crippen molar-refractivity contribution in [2.45, 2.75) is 20.5 Å². The number of hydrogen-bond acceptors (Lipinski definition) is 6. The van der Waals surface area contributed by atoms with Gasteiger partial charge in [0, 0.05) is 12.1 Å². The average molecular weight is 330 g/mol. The quantitative estimate of drug-likeness (QED) is 0.471. The van der Waals surface area contributed by atoms with Crippen LogP contribution < -0.4 is 0 Å². The Labute approximate surface area is 137 Å². The summed E-state index contributed by atoms with van der Waals surface area (Å²) < 4.78 is 5.08. The SMILES string of the molecule is Cc1ccc(COC(=O)c2cc([N+](=O)[O-])c(C)c([N+](=O)[O-])c2)cc1. The van der Waals surface area contributed by atoms with E-state index in [1.807, 2.05) is 19.1 Å². The van der Waals surface area contributed by atoms with E-state index in [4.69, 9.17) is 4.74 Å². The first-order valence-corrected chi connectivity index (χ1v) is 6.95. The molecule has 0 atom stereocenters. The van der Waals surface area contributed by atoms with Crippen molar-refractivity contribution < 1.29 is 19.4 Å². The summed E-state index contributed by atoms with van der Waals surface area (Å²) in [7, 11) is 0. The molecule has 0 aliphatic carbocycles. The smallest absolute Gasteiger partial charge is 0.338 e. The Balaban J connectivity index is 2.26. The maximum absolute atomic E-state index is 12.1. The second-order valence-electron chi connectivity index (χ2n) is 5.22. The van der Waals surface area contributed by atoms with Gasteiger partial charge in [0.2, 0.25) is 0 Å². The summed E-state index contributed by atoms with van der Waals surface area (Å²) in [5.74, 6) is -0.859. The van der Waals surface area contributed by atoms with Gasteiger partial charge in [-0.25, -0.2) is 4.79 Å². The summed E-state index contributed by atoms with van der Waals surface area (Å²) in [6, 6.07) is 9.24. The number of hydrogen-bond donors (Lipinski definition) is 0.